The number of thioether (sulfide) groups is 1. The third-order valence-corrected chi connectivity index (χ3v) is 3.32. The average molecular weight is 451 g/mol. The molecule has 0 spiro atoms. The second-order valence-corrected chi connectivity index (χ2v) is 5.68. The summed E-state index contributed by atoms with van der Waals surface area (Å²) in [5.74, 6) is 2.24. The smallest absolute Gasteiger partial charge is 0.227 e. The van der Waals surface area contributed by atoms with Crippen LogP contribution in [-0.4, -0.2) is 48.5 Å². The van der Waals surface area contributed by atoms with Crippen molar-refractivity contribution in [2.45, 2.75) is 20.3 Å². The minimum Gasteiger partial charge on any atom is -0.357 e. The number of nitrogens with zero attached hydrogens (tertiary/aromatic N) is 2. The number of halogens is 1. The first-order chi connectivity index (χ1) is 10.7. The zero-order valence-electron chi connectivity index (χ0n) is 13.9. The maximum atomic E-state index is 11.8. The van der Waals surface area contributed by atoms with Gasteiger partial charge in [-0.15, -0.1) is 24.0 Å². The molecule has 0 saturated carbocycles. The van der Waals surface area contributed by atoms with Crippen LogP contribution < -0.4 is 16.0 Å². The van der Waals surface area contributed by atoms with Crippen molar-refractivity contribution < 1.29 is 4.79 Å². The summed E-state index contributed by atoms with van der Waals surface area (Å²) >= 11 is 1.76. The summed E-state index contributed by atoms with van der Waals surface area (Å²) in [5.41, 5.74) is 1.07. The lowest BCUT2D eigenvalue weighted by atomic mass is 10.3. The number of rotatable bonds is 8. The monoisotopic (exact) mass is 451 g/mol. The normalized spacial score (nSPS) is 10.7. The molecule has 0 fully saturated rings. The van der Waals surface area contributed by atoms with Crippen LogP contribution in [0.1, 0.15) is 18.9 Å². The molecule has 0 radical (unpaired) electrons. The molecule has 1 aromatic rings. The van der Waals surface area contributed by atoms with E-state index in [-0.39, 0.29) is 29.9 Å². The predicted octanol–water partition coefficient (Wildman–Crippen LogP) is 2.25. The van der Waals surface area contributed by atoms with Gasteiger partial charge in [-0.1, -0.05) is 6.07 Å². The molecule has 1 rings (SSSR count). The van der Waals surface area contributed by atoms with E-state index in [0.717, 1.165) is 30.4 Å². The largest absolute Gasteiger partial charge is 0.357 e. The number of carbonyl (C=O) groups is 1. The first kappa shape index (κ1) is 22.0. The van der Waals surface area contributed by atoms with Crippen LogP contribution in [0.3, 0.4) is 0 Å². The fourth-order valence-corrected chi connectivity index (χ4v) is 1.91. The minimum atomic E-state index is -0.0659. The maximum absolute atomic E-state index is 11.8. The number of pyridine rings is 1. The molecule has 6 nitrogen and oxygen atoms in total. The second-order valence-electron chi connectivity index (χ2n) is 4.70. The fourth-order valence-electron chi connectivity index (χ4n) is 1.63. The van der Waals surface area contributed by atoms with E-state index < -0.39 is 0 Å². The predicted molar refractivity (Wildman–Crippen MR) is 110 cm³/mol. The highest BCUT2D eigenvalue weighted by Gasteiger charge is 2.04. The van der Waals surface area contributed by atoms with Gasteiger partial charge in [-0.25, -0.2) is 4.98 Å². The van der Waals surface area contributed by atoms with Crippen LogP contribution >= 0.6 is 35.7 Å². The third kappa shape index (κ3) is 10.4. The summed E-state index contributed by atoms with van der Waals surface area (Å²) in [6.07, 6.45) is 4.15. The Morgan fingerprint density at radius 2 is 2.13 bits per heavy atom. The maximum Gasteiger partial charge on any atom is 0.227 e. The lowest BCUT2D eigenvalue weighted by Gasteiger charge is -2.11. The molecule has 0 atom stereocenters. The van der Waals surface area contributed by atoms with Gasteiger partial charge in [0.1, 0.15) is 5.82 Å². The molecule has 1 amide bonds. The number of nitrogens with one attached hydrogen (secondary N) is 3. The van der Waals surface area contributed by atoms with Crippen molar-refractivity contribution in [3.8, 4) is 0 Å². The van der Waals surface area contributed by atoms with Crippen molar-refractivity contribution in [2.75, 3.05) is 37.0 Å². The van der Waals surface area contributed by atoms with Gasteiger partial charge in [0.2, 0.25) is 5.91 Å². The van der Waals surface area contributed by atoms with Crippen LogP contribution in [0.25, 0.3) is 0 Å². The molecule has 1 heterocycles. The number of aromatic nitrogens is 1. The molecule has 3 N–H and O–H groups in total. The fraction of sp³-hybridized carbons (Fsp3) is 0.533. The number of carbonyl (C=O) groups excluding carboxylic acids is 1. The van der Waals surface area contributed by atoms with Gasteiger partial charge in [-0.2, -0.15) is 11.8 Å². The Labute approximate surface area is 159 Å². The van der Waals surface area contributed by atoms with E-state index in [2.05, 4.69) is 32.2 Å². The van der Waals surface area contributed by atoms with Gasteiger partial charge in [-0.3, -0.25) is 9.79 Å². The molecule has 0 unspecified atom stereocenters. The summed E-state index contributed by atoms with van der Waals surface area (Å²) in [5, 5.41) is 9.08. The number of guanidine groups is 1. The summed E-state index contributed by atoms with van der Waals surface area (Å²) < 4.78 is 0. The molecule has 0 aliphatic rings. The van der Waals surface area contributed by atoms with Crippen LogP contribution in [0.5, 0.6) is 0 Å². The summed E-state index contributed by atoms with van der Waals surface area (Å²) in [6, 6.07) is 3.72. The van der Waals surface area contributed by atoms with E-state index in [9.17, 15) is 4.79 Å². The first-order valence-electron chi connectivity index (χ1n) is 7.39. The minimum absolute atomic E-state index is 0. The van der Waals surface area contributed by atoms with Crippen LogP contribution in [0.15, 0.2) is 23.3 Å². The highest BCUT2D eigenvalue weighted by molar-refractivity contribution is 14.0. The third-order valence-electron chi connectivity index (χ3n) is 2.73. The lowest BCUT2D eigenvalue weighted by Crippen LogP contribution is -2.38. The van der Waals surface area contributed by atoms with E-state index >= 15 is 0 Å². The standard InChI is InChI=1S/C15H25N5OS.HI/c1-4-16-15(18-9-10-22-3)17-8-7-14(21)20-13-6-5-12(2)11-19-13;/h5-6,11H,4,7-10H2,1-3H3,(H2,16,17,18)(H,19,20,21);1H. The summed E-state index contributed by atoms with van der Waals surface area (Å²) in [4.78, 5) is 20.4. The molecule has 8 heteroatoms. The second kappa shape index (κ2) is 13.4. The van der Waals surface area contributed by atoms with Crippen molar-refractivity contribution in [1.29, 1.82) is 0 Å². The van der Waals surface area contributed by atoms with Gasteiger partial charge >= 0.3 is 0 Å². The van der Waals surface area contributed by atoms with E-state index in [4.69, 9.17) is 0 Å². The highest BCUT2D eigenvalue weighted by atomic mass is 127. The Morgan fingerprint density at radius 3 is 2.74 bits per heavy atom. The molecule has 1 aromatic heterocycles. The molecule has 130 valence electrons. The topological polar surface area (TPSA) is 78.4 Å². The Balaban J connectivity index is 0.00000484. The van der Waals surface area contributed by atoms with E-state index in [1.807, 2.05) is 19.9 Å². The molecule has 23 heavy (non-hydrogen) atoms. The van der Waals surface area contributed by atoms with Gasteiger partial charge in [0.15, 0.2) is 5.96 Å². The Hall–Kier alpha value is -1.03. The van der Waals surface area contributed by atoms with Gasteiger partial charge in [0, 0.05) is 31.5 Å². The zero-order chi connectivity index (χ0) is 16.2. The van der Waals surface area contributed by atoms with E-state index in [1.54, 1.807) is 24.0 Å². The van der Waals surface area contributed by atoms with Gasteiger partial charge in [-0.05, 0) is 31.7 Å². The summed E-state index contributed by atoms with van der Waals surface area (Å²) in [6.45, 7) is 6.06. The number of aliphatic imine (C=N–C) groups is 1. The van der Waals surface area contributed by atoms with Gasteiger partial charge in [0.25, 0.3) is 0 Å². The van der Waals surface area contributed by atoms with Crippen LogP contribution in [0.4, 0.5) is 5.82 Å². The van der Waals surface area contributed by atoms with E-state index in [0.29, 0.717) is 18.8 Å². The number of hydrogen-bond donors (Lipinski definition) is 3. The molecule has 0 aliphatic heterocycles. The molecule has 0 saturated heterocycles. The Kier molecular flexibility index (Phi) is 12.8. The SMILES string of the molecule is CCNC(=NCCSC)NCCC(=O)Nc1ccc(C)cn1.I. The molecular formula is C15H26IN5OS. The van der Waals surface area contributed by atoms with Crippen LogP contribution in [-0.2, 0) is 4.79 Å². The van der Waals surface area contributed by atoms with Gasteiger partial charge < -0.3 is 16.0 Å². The molecular weight excluding hydrogens is 425 g/mol. The van der Waals surface area contributed by atoms with E-state index in [1.165, 1.54) is 0 Å². The van der Waals surface area contributed by atoms with Crippen LogP contribution in [0.2, 0.25) is 0 Å². The number of hydrogen-bond acceptors (Lipinski definition) is 4. The zero-order valence-corrected chi connectivity index (χ0v) is 17.0. The van der Waals surface area contributed by atoms with Crippen molar-refractivity contribution in [1.82, 2.24) is 15.6 Å². The molecule has 0 bridgehead atoms. The lowest BCUT2D eigenvalue weighted by molar-refractivity contribution is -0.116. The average Bonchev–Trinajstić information content (AvgIpc) is 2.50. The quantitative estimate of drug-likeness (QED) is 0.245. The van der Waals surface area contributed by atoms with Crippen molar-refractivity contribution in [3.63, 3.8) is 0 Å². The number of amides is 1. The molecule has 0 aliphatic carbocycles. The van der Waals surface area contributed by atoms with Gasteiger partial charge in [0.05, 0.1) is 6.54 Å². The molecule has 0 aromatic carbocycles. The Bertz CT molecular complexity index is 481. The Morgan fingerprint density at radius 1 is 1.35 bits per heavy atom. The van der Waals surface area contributed by atoms with Crippen molar-refractivity contribution in [2.24, 2.45) is 4.99 Å². The first-order valence-corrected chi connectivity index (χ1v) is 8.78. The van der Waals surface area contributed by atoms with Crippen LogP contribution in [0, 0.1) is 6.92 Å². The van der Waals surface area contributed by atoms with Crippen molar-refractivity contribution in [3.05, 3.63) is 23.9 Å². The highest BCUT2D eigenvalue weighted by Crippen LogP contribution is 2.03. The number of aryl methyl sites for hydroxylation is 1. The van der Waals surface area contributed by atoms with Crippen molar-refractivity contribution >= 4 is 53.4 Å². The number of anilines is 1. The summed E-state index contributed by atoms with van der Waals surface area (Å²) in [7, 11) is 0.